The maximum Gasteiger partial charge on any atom is 0.341 e. The zero-order valence-electron chi connectivity index (χ0n) is 13.0. The summed E-state index contributed by atoms with van der Waals surface area (Å²) in [6.07, 6.45) is -0.822. The lowest BCUT2D eigenvalue weighted by Gasteiger charge is -2.14. The van der Waals surface area contributed by atoms with Gasteiger partial charge in [-0.3, -0.25) is 0 Å². The summed E-state index contributed by atoms with van der Waals surface area (Å²) in [4.78, 5) is 23.4. The second-order valence-electron chi connectivity index (χ2n) is 4.47. The molecule has 0 heterocycles. The fourth-order valence-corrected chi connectivity index (χ4v) is 1.93. The number of aliphatic hydroxyl groups excluding tert-OH is 1. The lowest BCUT2D eigenvalue weighted by Crippen LogP contribution is -2.37. The molecular weight excluding hydrogens is 328 g/mol. The third kappa shape index (κ3) is 5.59. The van der Waals surface area contributed by atoms with Crippen molar-refractivity contribution < 1.29 is 28.9 Å². The lowest BCUT2D eigenvalue weighted by molar-refractivity contribution is 0.0597. The van der Waals surface area contributed by atoms with Crippen molar-refractivity contribution in [2.75, 3.05) is 39.8 Å². The average molecular weight is 347 g/mol. The number of halogens is 1. The highest BCUT2D eigenvalue weighted by molar-refractivity contribution is 6.34. The smallest absolute Gasteiger partial charge is 0.341 e. The van der Waals surface area contributed by atoms with E-state index in [1.807, 2.05) is 0 Å². The van der Waals surface area contributed by atoms with E-state index in [-0.39, 0.29) is 35.2 Å². The van der Waals surface area contributed by atoms with Crippen molar-refractivity contribution in [3.63, 3.8) is 0 Å². The van der Waals surface area contributed by atoms with E-state index in [2.05, 4.69) is 15.4 Å². The molecule has 0 unspecified atom stereocenters. The van der Waals surface area contributed by atoms with Crippen LogP contribution in [0, 0.1) is 0 Å². The minimum absolute atomic E-state index is 0.00860. The van der Waals surface area contributed by atoms with Crippen LogP contribution in [0.4, 0.5) is 10.5 Å². The van der Waals surface area contributed by atoms with E-state index in [9.17, 15) is 14.7 Å². The van der Waals surface area contributed by atoms with E-state index in [4.69, 9.17) is 21.1 Å². The number of urea groups is 1. The van der Waals surface area contributed by atoms with Crippen molar-refractivity contribution in [3.8, 4) is 5.75 Å². The van der Waals surface area contributed by atoms with Crippen molar-refractivity contribution in [2.45, 2.75) is 6.10 Å². The van der Waals surface area contributed by atoms with Gasteiger partial charge in [-0.1, -0.05) is 11.6 Å². The second kappa shape index (κ2) is 9.19. The van der Waals surface area contributed by atoms with E-state index in [0.717, 1.165) is 0 Å². The topological polar surface area (TPSA) is 106 Å². The summed E-state index contributed by atoms with van der Waals surface area (Å²) in [6.45, 7) is 0.108. The molecule has 3 N–H and O–H groups in total. The normalized spacial score (nSPS) is 11.5. The Morgan fingerprint density at radius 2 is 2.00 bits per heavy atom. The van der Waals surface area contributed by atoms with Crippen LogP contribution in [0.15, 0.2) is 12.1 Å². The van der Waals surface area contributed by atoms with Crippen LogP contribution >= 0.6 is 11.6 Å². The van der Waals surface area contributed by atoms with E-state index in [1.165, 1.54) is 33.5 Å². The number of benzene rings is 1. The third-order valence-electron chi connectivity index (χ3n) is 2.80. The number of methoxy groups -OCH3 is 3. The van der Waals surface area contributed by atoms with E-state index >= 15 is 0 Å². The minimum atomic E-state index is -0.822. The van der Waals surface area contributed by atoms with Gasteiger partial charge in [0.15, 0.2) is 0 Å². The largest absolute Gasteiger partial charge is 0.496 e. The van der Waals surface area contributed by atoms with Gasteiger partial charge in [-0.05, 0) is 6.07 Å². The number of ether oxygens (including phenoxy) is 3. The summed E-state index contributed by atoms with van der Waals surface area (Å²) >= 11 is 6.04. The van der Waals surface area contributed by atoms with Crippen molar-refractivity contribution >= 4 is 29.3 Å². The highest BCUT2D eigenvalue weighted by atomic mass is 35.5. The summed E-state index contributed by atoms with van der Waals surface area (Å²) in [5.74, 6) is -0.404. The summed E-state index contributed by atoms with van der Waals surface area (Å²) in [5, 5.41) is 14.6. The summed E-state index contributed by atoms with van der Waals surface area (Å²) < 4.78 is 14.5. The number of hydrogen-bond donors (Lipinski definition) is 3. The van der Waals surface area contributed by atoms with Crippen LogP contribution in [0.2, 0.25) is 5.02 Å². The number of esters is 1. The Morgan fingerprint density at radius 1 is 1.30 bits per heavy atom. The molecule has 128 valence electrons. The van der Waals surface area contributed by atoms with E-state index in [1.54, 1.807) is 0 Å². The van der Waals surface area contributed by atoms with E-state index in [0.29, 0.717) is 0 Å². The monoisotopic (exact) mass is 346 g/mol. The maximum absolute atomic E-state index is 11.8. The standard InChI is InChI=1S/C14H19ClN2O6/c1-21-7-8(18)6-16-14(20)17-11-5-12(22-2)9(4-10(11)15)13(19)23-3/h4-5,8,18H,6-7H2,1-3H3,(H2,16,17,20)/t8-/m1/s1. The molecule has 1 rings (SSSR count). The predicted molar refractivity (Wildman–Crippen MR) is 84.2 cm³/mol. The second-order valence-corrected chi connectivity index (χ2v) is 4.88. The highest BCUT2D eigenvalue weighted by Crippen LogP contribution is 2.31. The number of hydrogen-bond acceptors (Lipinski definition) is 6. The Labute approximate surface area is 138 Å². The van der Waals surface area contributed by atoms with E-state index < -0.39 is 18.1 Å². The van der Waals surface area contributed by atoms with Gasteiger partial charge in [0.25, 0.3) is 0 Å². The fraction of sp³-hybridized carbons (Fsp3) is 0.429. The first-order valence-electron chi connectivity index (χ1n) is 6.60. The Balaban J connectivity index is 2.80. The third-order valence-corrected chi connectivity index (χ3v) is 3.11. The molecule has 0 spiro atoms. The highest BCUT2D eigenvalue weighted by Gasteiger charge is 2.17. The lowest BCUT2D eigenvalue weighted by atomic mass is 10.2. The van der Waals surface area contributed by atoms with Gasteiger partial charge in [-0.25, -0.2) is 9.59 Å². The number of carbonyl (C=O) groups excluding carboxylic acids is 2. The van der Waals surface area contributed by atoms with Gasteiger partial charge in [0.1, 0.15) is 11.3 Å². The average Bonchev–Trinajstić information content (AvgIpc) is 2.54. The first-order chi connectivity index (χ1) is 10.9. The van der Waals surface area contributed by atoms with Gasteiger partial charge in [0.05, 0.1) is 37.6 Å². The summed E-state index contributed by atoms with van der Waals surface area (Å²) in [5.41, 5.74) is 0.386. The van der Waals surface area contributed by atoms with Crippen LogP contribution in [0.3, 0.4) is 0 Å². The van der Waals surface area contributed by atoms with Crippen LogP contribution in [0.1, 0.15) is 10.4 Å². The molecule has 0 bridgehead atoms. The molecule has 0 aliphatic heterocycles. The molecule has 0 saturated carbocycles. The predicted octanol–water partition coefficient (Wildman–Crippen LogP) is 1.26. The summed E-state index contributed by atoms with van der Waals surface area (Å²) in [7, 11) is 4.06. The first-order valence-corrected chi connectivity index (χ1v) is 6.98. The molecule has 0 aromatic heterocycles. The van der Waals surface area contributed by atoms with Crippen molar-refractivity contribution in [1.82, 2.24) is 5.32 Å². The molecule has 2 amide bonds. The molecule has 23 heavy (non-hydrogen) atoms. The molecule has 1 aromatic carbocycles. The number of rotatable bonds is 7. The molecule has 0 radical (unpaired) electrons. The summed E-state index contributed by atoms with van der Waals surface area (Å²) in [6, 6.07) is 2.16. The number of anilines is 1. The zero-order chi connectivity index (χ0) is 17.4. The Kier molecular flexibility index (Phi) is 7.60. The van der Waals surface area contributed by atoms with Crippen molar-refractivity contribution in [3.05, 3.63) is 22.7 Å². The number of nitrogens with one attached hydrogen (secondary N) is 2. The fourth-order valence-electron chi connectivity index (χ4n) is 1.72. The van der Waals surface area contributed by atoms with Gasteiger partial charge in [0.2, 0.25) is 0 Å². The zero-order valence-corrected chi connectivity index (χ0v) is 13.8. The van der Waals surface area contributed by atoms with Crippen LogP contribution in [0.25, 0.3) is 0 Å². The van der Waals surface area contributed by atoms with Crippen molar-refractivity contribution in [1.29, 1.82) is 0 Å². The van der Waals surface area contributed by atoms with Gasteiger partial charge < -0.3 is 30.0 Å². The Hall–Kier alpha value is -2.03. The van der Waals surface area contributed by atoms with Gasteiger partial charge >= 0.3 is 12.0 Å². The first kappa shape index (κ1) is 19.0. The number of aliphatic hydroxyl groups is 1. The van der Waals surface area contributed by atoms with Crippen LogP contribution in [0.5, 0.6) is 5.75 Å². The molecule has 0 aliphatic rings. The molecule has 1 aromatic rings. The molecule has 0 aliphatic carbocycles. The molecule has 0 saturated heterocycles. The quantitative estimate of drug-likeness (QED) is 0.642. The molecule has 1 atom stereocenters. The molecule has 8 nitrogen and oxygen atoms in total. The number of carbonyl (C=O) groups is 2. The van der Waals surface area contributed by atoms with Gasteiger partial charge in [-0.15, -0.1) is 0 Å². The Bertz CT molecular complexity index is 566. The van der Waals surface area contributed by atoms with Crippen LogP contribution < -0.4 is 15.4 Å². The maximum atomic E-state index is 11.8. The molecular formula is C14H19ClN2O6. The number of amides is 2. The minimum Gasteiger partial charge on any atom is -0.496 e. The van der Waals surface area contributed by atoms with Crippen molar-refractivity contribution in [2.24, 2.45) is 0 Å². The molecule has 9 heteroatoms. The SMILES string of the molecule is COC[C@H](O)CNC(=O)Nc1cc(OC)c(C(=O)OC)cc1Cl. The Morgan fingerprint density at radius 3 is 2.57 bits per heavy atom. The van der Waals surface area contributed by atoms with Gasteiger partial charge in [-0.2, -0.15) is 0 Å². The molecule has 0 fully saturated rings. The van der Waals surface area contributed by atoms with Crippen LogP contribution in [-0.2, 0) is 9.47 Å². The van der Waals surface area contributed by atoms with Gasteiger partial charge in [0, 0.05) is 19.7 Å². The van der Waals surface area contributed by atoms with Crippen LogP contribution in [-0.4, -0.2) is 57.7 Å².